The number of nitrogens with one attached hydrogen (secondary N) is 1. The second kappa shape index (κ2) is 9.85. The van der Waals surface area contributed by atoms with Crippen LogP contribution in [0.2, 0.25) is 0 Å². The van der Waals surface area contributed by atoms with Crippen LogP contribution in [0.25, 0.3) is 6.08 Å². The first-order chi connectivity index (χ1) is 13.1. The minimum absolute atomic E-state index is 0.00361. The van der Waals surface area contributed by atoms with Crippen molar-refractivity contribution in [3.63, 3.8) is 0 Å². The third kappa shape index (κ3) is 5.78. The van der Waals surface area contributed by atoms with E-state index in [1.165, 1.54) is 35.9 Å². The van der Waals surface area contributed by atoms with Crippen LogP contribution in [0, 0.1) is 0 Å². The van der Waals surface area contributed by atoms with Gasteiger partial charge in [0.2, 0.25) is 5.91 Å². The number of thiocarbonyl (C=S) groups is 1. The van der Waals surface area contributed by atoms with Crippen molar-refractivity contribution in [3.8, 4) is 0 Å². The molecule has 1 N–H and O–H groups in total. The first kappa shape index (κ1) is 19.8. The fourth-order valence-electron chi connectivity index (χ4n) is 3.28. The summed E-state index contributed by atoms with van der Waals surface area (Å²) in [7, 11) is 0. The van der Waals surface area contributed by atoms with Gasteiger partial charge in [-0.2, -0.15) is 0 Å². The Balaban J connectivity index is 1.50. The van der Waals surface area contributed by atoms with E-state index in [0.29, 0.717) is 21.8 Å². The highest BCUT2D eigenvalue weighted by Crippen LogP contribution is 2.31. The number of rotatable bonds is 6. The molecule has 27 heavy (non-hydrogen) atoms. The smallest absolute Gasteiger partial charge is 0.266 e. The molecule has 3 rings (SSSR count). The SMILES string of the molecule is O=C(CCN1C(=O)C(=CC=Cc2ccccc2)SC1=S)NC1CCCCC1. The molecule has 1 saturated carbocycles. The fourth-order valence-corrected chi connectivity index (χ4v) is 4.54. The van der Waals surface area contributed by atoms with Crippen molar-refractivity contribution < 1.29 is 9.59 Å². The highest BCUT2D eigenvalue weighted by atomic mass is 32.2. The molecule has 4 nitrogen and oxygen atoms in total. The van der Waals surface area contributed by atoms with Gasteiger partial charge in [0.25, 0.3) is 5.91 Å². The summed E-state index contributed by atoms with van der Waals surface area (Å²) in [6.07, 6.45) is 11.6. The van der Waals surface area contributed by atoms with E-state index in [4.69, 9.17) is 12.2 Å². The molecule has 142 valence electrons. The van der Waals surface area contributed by atoms with E-state index in [1.807, 2.05) is 42.5 Å². The van der Waals surface area contributed by atoms with Gasteiger partial charge in [0.15, 0.2) is 0 Å². The van der Waals surface area contributed by atoms with Gasteiger partial charge < -0.3 is 5.32 Å². The lowest BCUT2D eigenvalue weighted by Gasteiger charge is -2.23. The van der Waals surface area contributed by atoms with Crippen LogP contribution in [-0.2, 0) is 9.59 Å². The molecule has 1 aromatic rings. The molecule has 0 atom stereocenters. The molecule has 0 unspecified atom stereocenters. The van der Waals surface area contributed by atoms with Gasteiger partial charge in [-0.25, -0.2) is 0 Å². The highest BCUT2D eigenvalue weighted by Gasteiger charge is 2.31. The zero-order valence-electron chi connectivity index (χ0n) is 15.2. The van der Waals surface area contributed by atoms with Gasteiger partial charge in [-0.15, -0.1) is 0 Å². The second-order valence-electron chi connectivity index (χ2n) is 6.78. The van der Waals surface area contributed by atoms with E-state index in [0.717, 1.165) is 18.4 Å². The van der Waals surface area contributed by atoms with E-state index in [2.05, 4.69) is 5.32 Å². The molecule has 1 aliphatic heterocycles. The van der Waals surface area contributed by atoms with Crippen LogP contribution >= 0.6 is 24.0 Å². The Hall–Kier alpha value is -1.92. The van der Waals surface area contributed by atoms with E-state index in [1.54, 1.807) is 6.08 Å². The van der Waals surface area contributed by atoms with Gasteiger partial charge in [-0.1, -0.05) is 85.7 Å². The standard InChI is InChI=1S/C21H24N2O2S2/c24-19(22-17-11-5-2-6-12-17)14-15-23-20(25)18(27-21(23)26)13-7-10-16-8-3-1-4-9-16/h1,3-4,7-10,13,17H,2,5-6,11-12,14-15H2,(H,22,24). The lowest BCUT2D eigenvalue weighted by Crippen LogP contribution is -2.39. The lowest BCUT2D eigenvalue weighted by atomic mass is 9.95. The minimum atomic E-state index is -0.117. The Bertz CT molecular complexity index is 753. The quantitative estimate of drug-likeness (QED) is 0.572. The number of amides is 2. The van der Waals surface area contributed by atoms with Crippen LogP contribution in [0.5, 0.6) is 0 Å². The lowest BCUT2D eigenvalue weighted by molar-refractivity contribution is -0.124. The first-order valence-electron chi connectivity index (χ1n) is 9.40. The molecule has 2 fully saturated rings. The minimum Gasteiger partial charge on any atom is -0.353 e. The number of carbonyl (C=O) groups is 2. The Kier molecular flexibility index (Phi) is 7.24. The van der Waals surface area contributed by atoms with Crippen molar-refractivity contribution in [1.82, 2.24) is 10.2 Å². The maximum atomic E-state index is 12.5. The Labute approximate surface area is 170 Å². The molecule has 0 spiro atoms. The number of carbonyl (C=O) groups excluding carboxylic acids is 2. The molecule has 1 aliphatic carbocycles. The third-order valence-electron chi connectivity index (χ3n) is 4.74. The number of hydrogen-bond acceptors (Lipinski definition) is 4. The monoisotopic (exact) mass is 400 g/mol. The van der Waals surface area contributed by atoms with Crippen LogP contribution in [0.1, 0.15) is 44.1 Å². The van der Waals surface area contributed by atoms with Gasteiger partial charge in [0.05, 0.1) is 4.91 Å². The van der Waals surface area contributed by atoms with Gasteiger partial charge in [0.1, 0.15) is 4.32 Å². The van der Waals surface area contributed by atoms with Crippen LogP contribution in [0.3, 0.4) is 0 Å². The summed E-state index contributed by atoms with van der Waals surface area (Å²) in [6.45, 7) is 0.336. The molecule has 6 heteroatoms. The summed E-state index contributed by atoms with van der Waals surface area (Å²) in [4.78, 5) is 26.8. The van der Waals surface area contributed by atoms with Gasteiger partial charge in [-0.3, -0.25) is 14.5 Å². The molecule has 2 amide bonds. The highest BCUT2D eigenvalue weighted by molar-refractivity contribution is 8.26. The van der Waals surface area contributed by atoms with Crippen LogP contribution in [0.15, 0.2) is 47.4 Å². The zero-order chi connectivity index (χ0) is 19.1. The Morgan fingerprint density at radius 1 is 1.22 bits per heavy atom. The number of nitrogens with zero attached hydrogens (tertiary/aromatic N) is 1. The van der Waals surface area contributed by atoms with Gasteiger partial charge in [0, 0.05) is 19.0 Å². The average molecular weight is 401 g/mol. The van der Waals surface area contributed by atoms with Crippen molar-refractivity contribution in [2.24, 2.45) is 0 Å². The number of thioether (sulfide) groups is 1. The van der Waals surface area contributed by atoms with E-state index in [-0.39, 0.29) is 18.2 Å². The normalized spacial score (nSPS) is 20.0. The van der Waals surface area contributed by atoms with Gasteiger partial charge >= 0.3 is 0 Å². The largest absolute Gasteiger partial charge is 0.353 e. The maximum Gasteiger partial charge on any atom is 0.266 e. The Morgan fingerprint density at radius 2 is 1.96 bits per heavy atom. The Morgan fingerprint density at radius 3 is 2.70 bits per heavy atom. The summed E-state index contributed by atoms with van der Waals surface area (Å²) in [6, 6.07) is 10.2. The molecule has 2 aliphatic rings. The predicted octanol–water partition coefficient (Wildman–Crippen LogP) is 4.28. The summed E-state index contributed by atoms with van der Waals surface area (Å²) >= 11 is 6.61. The molecular weight excluding hydrogens is 376 g/mol. The average Bonchev–Trinajstić information content (AvgIpc) is 2.95. The molecule has 0 bridgehead atoms. The number of allylic oxidation sites excluding steroid dienone is 2. The summed E-state index contributed by atoms with van der Waals surface area (Å²) in [5, 5.41) is 3.08. The van der Waals surface area contributed by atoms with Crippen molar-refractivity contribution in [1.29, 1.82) is 0 Å². The predicted molar refractivity (Wildman–Crippen MR) is 115 cm³/mol. The topological polar surface area (TPSA) is 49.4 Å². The van der Waals surface area contributed by atoms with Crippen molar-refractivity contribution >= 4 is 46.2 Å². The van der Waals surface area contributed by atoms with E-state index >= 15 is 0 Å². The zero-order valence-corrected chi connectivity index (χ0v) is 16.9. The van der Waals surface area contributed by atoms with E-state index in [9.17, 15) is 9.59 Å². The van der Waals surface area contributed by atoms with Crippen molar-refractivity contribution in [2.75, 3.05) is 6.54 Å². The van der Waals surface area contributed by atoms with E-state index < -0.39 is 0 Å². The third-order valence-corrected chi connectivity index (χ3v) is 6.14. The van der Waals surface area contributed by atoms with Crippen LogP contribution in [-0.4, -0.2) is 33.6 Å². The summed E-state index contributed by atoms with van der Waals surface area (Å²) < 4.78 is 0.518. The molecule has 0 radical (unpaired) electrons. The molecule has 1 heterocycles. The molecule has 1 aromatic carbocycles. The summed E-state index contributed by atoms with van der Waals surface area (Å²) in [5.41, 5.74) is 1.07. The number of hydrogen-bond donors (Lipinski definition) is 1. The summed E-state index contributed by atoms with van der Waals surface area (Å²) in [5.74, 6) is -0.114. The van der Waals surface area contributed by atoms with Gasteiger partial charge in [-0.05, 0) is 24.5 Å². The second-order valence-corrected chi connectivity index (χ2v) is 8.45. The maximum absolute atomic E-state index is 12.5. The van der Waals surface area contributed by atoms with Crippen molar-refractivity contribution in [3.05, 3.63) is 53.0 Å². The fraction of sp³-hybridized carbons (Fsp3) is 0.381. The molecular formula is C21H24N2O2S2. The molecule has 1 saturated heterocycles. The van der Waals surface area contributed by atoms with Crippen molar-refractivity contribution in [2.45, 2.75) is 44.6 Å². The number of benzene rings is 1. The van der Waals surface area contributed by atoms with Crippen LogP contribution in [0.4, 0.5) is 0 Å². The first-order valence-corrected chi connectivity index (χ1v) is 10.6. The van der Waals surface area contributed by atoms with Crippen LogP contribution < -0.4 is 5.32 Å². The molecule has 0 aromatic heterocycles.